The van der Waals surface area contributed by atoms with Gasteiger partial charge in [-0.3, -0.25) is 29.4 Å². The molecule has 2 aromatic heterocycles. The van der Waals surface area contributed by atoms with E-state index in [1.54, 1.807) is 0 Å². The molecule has 1 fully saturated rings. The van der Waals surface area contributed by atoms with Gasteiger partial charge < -0.3 is 28.9 Å². The van der Waals surface area contributed by atoms with Crippen LogP contribution < -0.4 is 22.5 Å². The van der Waals surface area contributed by atoms with Crippen LogP contribution in [0, 0.1) is 0 Å². The molecule has 0 amide bonds. The van der Waals surface area contributed by atoms with E-state index in [1.807, 2.05) is 9.80 Å². The Morgan fingerprint density at radius 3 is 1.17 bits per heavy atom. The number of aromatic amines is 4. The van der Waals surface area contributed by atoms with Crippen molar-refractivity contribution in [2.45, 2.75) is 13.1 Å². The lowest BCUT2D eigenvalue weighted by atomic mass is 10.3. The first-order valence-electron chi connectivity index (χ1n) is 11.9. The third kappa shape index (κ3) is 10.8. The topological polar surface area (TPSA) is 175 Å². The molecule has 0 bridgehead atoms. The van der Waals surface area contributed by atoms with Crippen LogP contribution in [0.25, 0.3) is 0 Å². The SMILES string of the molecule is O=c1cc(CN2CCOCCOCCN(Cc3cc(=O)[nH]c(=O)[nH]3)CCOCCOCC2)[nH]c(=O)[nH]1. The van der Waals surface area contributed by atoms with Gasteiger partial charge in [-0.15, -0.1) is 0 Å². The molecule has 0 unspecified atom stereocenters. The Morgan fingerprint density at radius 2 is 0.861 bits per heavy atom. The molecule has 14 nitrogen and oxygen atoms in total. The summed E-state index contributed by atoms with van der Waals surface area (Å²) in [4.78, 5) is 59.9. The summed E-state index contributed by atoms with van der Waals surface area (Å²) in [5, 5.41) is 0. The highest BCUT2D eigenvalue weighted by atomic mass is 16.5. The van der Waals surface area contributed by atoms with E-state index in [9.17, 15) is 19.2 Å². The van der Waals surface area contributed by atoms with Gasteiger partial charge >= 0.3 is 11.4 Å². The average molecular weight is 511 g/mol. The predicted molar refractivity (Wildman–Crippen MR) is 129 cm³/mol. The number of hydrogen-bond donors (Lipinski definition) is 4. The van der Waals surface area contributed by atoms with Crippen LogP contribution in [0.3, 0.4) is 0 Å². The zero-order valence-corrected chi connectivity index (χ0v) is 20.2. The first-order valence-corrected chi connectivity index (χ1v) is 11.9. The third-order valence-corrected chi connectivity index (χ3v) is 5.37. The smallest absolute Gasteiger partial charge is 0.325 e. The summed E-state index contributed by atoms with van der Waals surface area (Å²) in [6.07, 6.45) is 0. The lowest BCUT2D eigenvalue weighted by Gasteiger charge is -2.23. The molecule has 200 valence electrons. The molecule has 3 rings (SSSR count). The summed E-state index contributed by atoms with van der Waals surface area (Å²) in [6, 6.07) is 2.74. The summed E-state index contributed by atoms with van der Waals surface area (Å²) in [5.74, 6) is 0. The molecule has 1 aliphatic rings. The van der Waals surface area contributed by atoms with Gasteiger partial charge in [-0.05, 0) is 0 Å². The van der Waals surface area contributed by atoms with E-state index in [1.165, 1.54) is 12.1 Å². The zero-order valence-electron chi connectivity index (χ0n) is 20.2. The minimum Gasteiger partial charge on any atom is -0.378 e. The maximum Gasteiger partial charge on any atom is 0.325 e. The van der Waals surface area contributed by atoms with Crippen LogP contribution in [0.4, 0.5) is 0 Å². The summed E-state index contributed by atoms with van der Waals surface area (Å²) < 4.78 is 22.7. The first-order chi connectivity index (χ1) is 17.5. The molecule has 0 saturated carbocycles. The highest BCUT2D eigenvalue weighted by Crippen LogP contribution is 2.01. The van der Waals surface area contributed by atoms with Gasteiger partial charge in [0.05, 0.1) is 52.9 Å². The molecule has 1 aliphatic heterocycles. The van der Waals surface area contributed by atoms with Crippen molar-refractivity contribution in [1.82, 2.24) is 29.7 Å². The molecule has 14 heteroatoms. The maximum atomic E-state index is 11.6. The van der Waals surface area contributed by atoms with Gasteiger partial charge in [0.15, 0.2) is 0 Å². The van der Waals surface area contributed by atoms with Gasteiger partial charge in [0.2, 0.25) is 0 Å². The Kier molecular flexibility index (Phi) is 11.8. The summed E-state index contributed by atoms with van der Waals surface area (Å²) in [5.41, 5.74) is -0.921. The van der Waals surface area contributed by atoms with Gasteiger partial charge in [0, 0.05) is 62.8 Å². The fourth-order valence-corrected chi connectivity index (χ4v) is 3.65. The predicted octanol–water partition coefficient (Wildman–Crippen LogP) is -2.18. The van der Waals surface area contributed by atoms with Crippen molar-refractivity contribution >= 4 is 0 Å². The Hall–Kier alpha value is -2.88. The number of aromatic nitrogens is 4. The highest BCUT2D eigenvalue weighted by molar-refractivity contribution is 4.99. The van der Waals surface area contributed by atoms with E-state index >= 15 is 0 Å². The van der Waals surface area contributed by atoms with Gasteiger partial charge in [-0.1, -0.05) is 0 Å². The van der Waals surface area contributed by atoms with Crippen molar-refractivity contribution in [3.63, 3.8) is 0 Å². The van der Waals surface area contributed by atoms with Gasteiger partial charge in [0.1, 0.15) is 0 Å². The number of ether oxygens (including phenoxy) is 4. The van der Waals surface area contributed by atoms with Crippen molar-refractivity contribution in [1.29, 1.82) is 0 Å². The standard InChI is InChI=1S/C22H34N6O8/c29-19-13-17(23-21(31)25-19)15-27-1-5-33-9-10-35-7-3-28(4-8-36-12-11-34-6-2-27)16-18-14-20(30)26-22(32)24-18/h13-14H,1-12,15-16H2,(H2,23,25,29,31)(H2,24,26,30,32). The van der Waals surface area contributed by atoms with Crippen LogP contribution in [0.15, 0.2) is 31.3 Å². The van der Waals surface area contributed by atoms with E-state index in [0.29, 0.717) is 104 Å². The molecule has 3 heterocycles. The monoisotopic (exact) mass is 510 g/mol. The Morgan fingerprint density at radius 1 is 0.528 bits per heavy atom. The van der Waals surface area contributed by atoms with E-state index in [-0.39, 0.29) is 0 Å². The average Bonchev–Trinajstić information content (AvgIpc) is 2.80. The third-order valence-electron chi connectivity index (χ3n) is 5.37. The van der Waals surface area contributed by atoms with Crippen molar-refractivity contribution in [3.05, 3.63) is 65.2 Å². The van der Waals surface area contributed by atoms with E-state index in [2.05, 4.69) is 19.9 Å². The number of H-pyrrole nitrogens is 4. The molecule has 2 aromatic rings. The Bertz CT molecular complexity index is 976. The van der Waals surface area contributed by atoms with Crippen LogP contribution in [0.5, 0.6) is 0 Å². The maximum absolute atomic E-state index is 11.6. The van der Waals surface area contributed by atoms with Crippen LogP contribution in [0.1, 0.15) is 11.4 Å². The summed E-state index contributed by atoms with van der Waals surface area (Å²) in [7, 11) is 0. The first kappa shape index (κ1) is 27.7. The van der Waals surface area contributed by atoms with Crippen LogP contribution in [-0.4, -0.2) is 109 Å². The molecule has 0 aliphatic carbocycles. The molecule has 1 saturated heterocycles. The fourth-order valence-electron chi connectivity index (χ4n) is 3.65. The normalized spacial score (nSPS) is 18.9. The quantitative estimate of drug-likeness (QED) is 0.354. The van der Waals surface area contributed by atoms with Crippen molar-refractivity contribution in [2.24, 2.45) is 0 Å². The van der Waals surface area contributed by atoms with Crippen molar-refractivity contribution < 1.29 is 18.9 Å². The van der Waals surface area contributed by atoms with Crippen LogP contribution in [-0.2, 0) is 32.0 Å². The minimum atomic E-state index is -0.537. The van der Waals surface area contributed by atoms with Gasteiger partial charge in [-0.25, -0.2) is 9.59 Å². The summed E-state index contributed by atoms with van der Waals surface area (Å²) >= 11 is 0. The molecule has 4 N–H and O–H groups in total. The minimum absolute atomic E-state index is 0.382. The number of nitrogens with zero attached hydrogens (tertiary/aromatic N) is 2. The molecular weight excluding hydrogens is 476 g/mol. The van der Waals surface area contributed by atoms with Crippen LogP contribution in [0.2, 0.25) is 0 Å². The zero-order chi connectivity index (χ0) is 25.6. The second kappa shape index (κ2) is 15.3. The van der Waals surface area contributed by atoms with E-state index in [0.717, 1.165) is 0 Å². The Labute approximate surface area is 206 Å². The van der Waals surface area contributed by atoms with Gasteiger partial charge in [-0.2, -0.15) is 0 Å². The molecule has 36 heavy (non-hydrogen) atoms. The second-order valence-corrected chi connectivity index (χ2v) is 8.23. The Balaban J connectivity index is 1.49. The van der Waals surface area contributed by atoms with E-state index < -0.39 is 22.5 Å². The van der Waals surface area contributed by atoms with Crippen molar-refractivity contribution in [2.75, 3.05) is 79.0 Å². The van der Waals surface area contributed by atoms with E-state index in [4.69, 9.17) is 18.9 Å². The highest BCUT2D eigenvalue weighted by Gasteiger charge is 2.10. The molecule has 0 spiro atoms. The second-order valence-electron chi connectivity index (χ2n) is 8.23. The fraction of sp³-hybridized carbons (Fsp3) is 0.636. The number of nitrogens with one attached hydrogen (secondary N) is 4. The molecule has 0 atom stereocenters. The molecule has 0 radical (unpaired) electrons. The number of rotatable bonds is 4. The number of hydrogen-bond acceptors (Lipinski definition) is 10. The van der Waals surface area contributed by atoms with Crippen molar-refractivity contribution in [3.8, 4) is 0 Å². The van der Waals surface area contributed by atoms with Crippen LogP contribution >= 0.6 is 0 Å². The van der Waals surface area contributed by atoms with Gasteiger partial charge in [0.25, 0.3) is 11.1 Å². The molecular formula is C22H34N6O8. The lowest BCUT2D eigenvalue weighted by molar-refractivity contribution is 0.00596. The summed E-state index contributed by atoms with van der Waals surface area (Å²) in [6.45, 7) is 6.52. The largest absolute Gasteiger partial charge is 0.378 e. The molecule has 0 aromatic carbocycles. The lowest BCUT2D eigenvalue weighted by Crippen LogP contribution is -2.34.